The molecule has 0 bridgehead atoms. The van der Waals surface area contributed by atoms with Crippen LogP contribution in [0.15, 0.2) is 0 Å². The topological polar surface area (TPSA) is 55.8 Å². The van der Waals surface area contributed by atoms with Crippen LogP contribution in [-0.4, -0.2) is 72.2 Å². The smallest absolute Gasteiger partial charge is 0.323 e. The number of hydrogen-bond donors (Lipinski definition) is 2. The number of rotatable bonds is 7. The van der Waals surface area contributed by atoms with Crippen molar-refractivity contribution in [3.05, 3.63) is 0 Å². The van der Waals surface area contributed by atoms with E-state index in [4.69, 9.17) is 0 Å². The molecule has 2 N–H and O–H groups in total. The standard InChI is InChI=1S/C15H29N3O2/c1-3-16-15(14(19)20)7-6-13(12-15)17(2)10-11-18-8-4-5-9-18/h13,16H,3-12H2,1-2H3,(H,19,20). The highest BCUT2D eigenvalue weighted by Gasteiger charge is 2.45. The van der Waals surface area contributed by atoms with Gasteiger partial charge in [-0.05, 0) is 58.8 Å². The second-order valence-electron chi connectivity index (χ2n) is 6.34. The first kappa shape index (κ1) is 15.7. The number of hydrogen-bond acceptors (Lipinski definition) is 4. The Morgan fingerprint density at radius 2 is 2.15 bits per heavy atom. The molecule has 0 aromatic carbocycles. The number of likely N-dealkylation sites (tertiary alicyclic amines) is 1. The first-order valence-corrected chi connectivity index (χ1v) is 7.98. The van der Waals surface area contributed by atoms with Crippen LogP contribution >= 0.6 is 0 Å². The second-order valence-corrected chi connectivity index (χ2v) is 6.34. The van der Waals surface area contributed by atoms with Crippen molar-refractivity contribution < 1.29 is 9.90 Å². The minimum Gasteiger partial charge on any atom is -0.480 e. The van der Waals surface area contributed by atoms with Gasteiger partial charge in [-0.2, -0.15) is 0 Å². The van der Waals surface area contributed by atoms with Crippen LogP contribution in [0.3, 0.4) is 0 Å². The fourth-order valence-electron chi connectivity index (χ4n) is 3.65. The molecule has 0 aromatic rings. The monoisotopic (exact) mass is 283 g/mol. The summed E-state index contributed by atoms with van der Waals surface area (Å²) in [7, 11) is 2.14. The maximum atomic E-state index is 11.6. The van der Waals surface area contributed by atoms with Crippen LogP contribution in [-0.2, 0) is 4.79 Å². The highest BCUT2D eigenvalue weighted by atomic mass is 16.4. The van der Waals surface area contributed by atoms with Crippen LogP contribution < -0.4 is 5.32 Å². The highest BCUT2D eigenvalue weighted by Crippen LogP contribution is 2.33. The Balaban J connectivity index is 1.82. The maximum absolute atomic E-state index is 11.6. The van der Waals surface area contributed by atoms with Gasteiger partial charge in [0.2, 0.25) is 0 Å². The van der Waals surface area contributed by atoms with Crippen molar-refractivity contribution in [2.75, 3.05) is 39.8 Å². The third kappa shape index (κ3) is 3.51. The van der Waals surface area contributed by atoms with E-state index in [0.29, 0.717) is 6.04 Å². The van der Waals surface area contributed by atoms with Gasteiger partial charge in [-0.15, -0.1) is 0 Å². The molecule has 1 saturated carbocycles. The number of aliphatic carboxylic acids is 1. The Bertz CT molecular complexity index is 331. The zero-order chi connectivity index (χ0) is 14.6. The van der Waals surface area contributed by atoms with Crippen LogP contribution in [0.1, 0.15) is 39.0 Å². The number of nitrogens with zero attached hydrogens (tertiary/aromatic N) is 2. The molecular formula is C15H29N3O2. The molecule has 0 spiro atoms. The van der Waals surface area contributed by atoms with E-state index in [1.54, 1.807) is 0 Å². The Labute approximate surface area is 122 Å². The lowest BCUT2D eigenvalue weighted by atomic mass is 9.97. The normalized spacial score (nSPS) is 31.2. The molecule has 2 unspecified atom stereocenters. The maximum Gasteiger partial charge on any atom is 0.323 e. The molecule has 2 aliphatic rings. The summed E-state index contributed by atoms with van der Waals surface area (Å²) in [6.07, 6.45) is 5.11. The van der Waals surface area contributed by atoms with Crippen LogP contribution in [0.25, 0.3) is 0 Å². The summed E-state index contributed by atoms with van der Waals surface area (Å²) >= 11 is 0. The molecule has 116 valence electrons. The first-order valence-electron chi connectivity index (χ1n) is 7.98. The van der Waals surface area contributed by atoms with E-state index >= 15 is 0 Å². The summed E-state index contributed by atoms with van der Waals surface area (Å²) in [5.41, 5.74) is -0.693. The lowest BCUT2D eigenvalue weighted by Gasteiger charge is -2.29. The van der Waals surface area contributed by atoms with Crippen molar-refractivity contribution >= 4 is 5.97 Å². The molecule has 1 aliphatic carbocycles. The summed E-state index contributed by atoms with van der Waals surface area (Å²) in [6.45, 7) is 7.33. The highest BCUT2D eigenvalue weighted by molar-refractivity contribution is 5.79. The Morgan fingerprint density at radius 3 is 2.75 bits per heavy atom. The molecule has 1 aliphatic heterocycles. The molecule has 0 aromatic heterocycles. The fourth-order valence-corrected chi connectivity index (χ4v) is 3.65. The van der Waals surface area contributed by atoms with Gasteiger partial charge in [0.1, 0.15) is 5.54 Å². The van der Waals surface area contributed by atoms with Gasteiger partial charge in [0.05, 0.1) is 0 Å². The summed E-state index contributed by atoms with van der Waals surface area (Å²) in [5.74, 6) is -0.685. The van der Waals surface area contributed by atoms with E-state index < -0.39 is 11.5 Å². The van der Waals surface area contributed by atoms with Gasteiger partial charge in [-0.25, -0.2) is 0 Å². The molecule has 2 atom stereocenters. The lowest BCUT2D eigenvalue weighted by Crippen LogP contribution is -2.51. The van der Waals surface area contributed by atoms with Crippen molar-refractivity contribution in [3.8, 4) is 0 Å². The average Bonchev–Trinajstić information content (AvgIpc) is 3.06. The number of carboxylic acid groups (broad SMARTS) is 1. The third-order valence-corrected chi connectivity index (χ3v) is 5.00. The van der Waals surface area contributed by atoms with E-state index in [1.165, 1.54) is 25.9 Å². The van der Waals surface area contributed by atoms with Gasteiger partial charge in [-0.3, -0.25) is 4.79 Å². The molecule has 2 rings (SSSR count). The number of likely N-dealkylation sites (N-methyl/N-ethyl adjacent to an activating group) is 2. The molecular weight excluding hydrogens is 254 g/mol. The van der Waals surface area contributed by atoms with E-state index in [-0.39, 0.29) is 0 Å². The third-order valence-electron chi connectivity index (χ3n) is 5.00. The van der Waals surface area contributed by atoms with Crippen molar-refractivity contribution in [1.29, 1.82) is 0 Å². The van der Waals surface area contributed by atoms with Gasteiger partial charge >= 0.3 is 5.97 Å². The zero-order valence-corrected chi connectivity index (χ0v) is 12.9. The van der Waals surface area contributed by atoms with Crippen molar-refractivity contribution in [3.63, 3.8) is 0 Å². The minimum absolute atomic E-state index is 0.396. The Morgan fingerprint density at radius 1 is 1.45 bits per heavy atom. The van der Waals surface area contributed by atoms with Crippen LogP contribution in [0.4, 0.5) is 0 Å². The van der Waals surface area contributed by atoms with Crippen LogP contribution in [0, 0.1) is 0 Å². The van der Waals surface area contributed by atoms with E-state index in [1.807, 2.05) is 6.92 Å². The molecule has 20 heavy (non-hydrogen) atoms. The van der Waals surface area contributed by atoms with Crippen LogP contribution in [0.2, 0.25) is 0 Å². The largest absolute Gasteiger partial charge is 0.480 e. The van der Waals surface area contributed by atoms with Gasteiger partial charge < -0.3 is 20.2 Å². The molecule has 1 saturated heterocycles. The number of carboxylic acids is 1. The van der Waals surface area contributed by atoms with Gasteiger partial charge in [-0.1, -0.05) is 6.92 Å². The van der Waals surface area contributed by atoms with Gasteiger partial charge in [0, 0.05) is 19.1 Å². The quantitative estimate of drug-likeness (QED) is 0.730. The summed E-state index contributed by atoms with van der Waals surface area (Å²) in [5, 5.41) is 12.7. The van der Waals surface area contributed by atoms with Crippen LogP contribution in [0.5, 0.6) is 0 Å². The predicted octanol–water partition coefficient (Wildman–Crippen LogP) is 0.999. The van der Waals surface area contributed by atoms with E-state index in [9.17, 15) is 9.90 Å². The van der Waals surface area contributed by atoms with Crippen molar-refractivity contribution in [1.82, 2.24) is 15.1 Å². The zero-order valence-electron chi connectivity index (χ0n) is 12.9. The lowest BCUT2D eigenvalue weighted by molar-refractivity contribution is -0.144. The first-order chi connectivity index (χ1) is 9.57. The van der Waals surface area contributed by atoms with Crippen molar-refractivity contribution in [2.45, 2.75) is 50.6 Å². The molecule has 1 heterocycles. The number of carbonyl (C=O) groups is 1. The SMILES string of the molecule is CCNC1(C(=O)O)CCC(N(C)CCN2CCCC2)C1. The van der Waals surface area contributed by atoms with Crippen molar-refractivity contribution in [2.24, 2.45) is 0 Å². The molecule has 2 fully saturated rings. The van der Waals surface area contributed by atoms with E-state index in [2.05, 4.69) is 22.2 Å². The van der Waals surface area contributed by atoms with Gasteiger partial charge in [0.25, 0.3) is 0 Å². The minimum atomic E-state index is -0.693. The Kier molecular flexibility index (Phi) is 5.41. The van der Waals surface area contributed by atoms with Gasteiger partial charge in [0.15, 0.2) is 0 Å². The molecule has 5 heteroatoms. The van der Waals surface area contributed by atoms with E-state index in [0.717, 1.165) is 38.9 Å². The number of nitrogens with one attached hydrogen (secondary N) is 1. The summed E-state index contributed by atoms with van der Waals surface area (Å²) < 4.78 is 0. The summed E-state index contributed by atoms with van der Waals surface area (Å²) in [4.78, 5) is 16.4. The average molecular weight is 283 g/mol. The summed E-state index contributed by atoms with van der Waals surface area (Å²) in [6, 6.07) is 0.396. The molecule has 5 nitrogen and oxygen atoms in total. The predicted molar refractivity (Wildman–Crippen MR) is 80.0 cm³/mol. The molecule has 0 radical (unpaired) electrons. The molecule has 0 amide bonds. The fraction of sp³-hybridized carbons (Fsp3) is 0.933. The Hall–Kier alpha value is -0.650. The second kappa shape index (κ2) is 6.87.